The Morgan fingerprint density at radius 1 is 0.723 bits per heavy atom. The summed E-state index contributed by atoms with van der Waals surface area (Å²) in [6.45, 7) is 11.4. The smallest absolute Gasteiger partial charge is 0.299 e. The first kappa shape index (κ1) is 29.0. The Hall–Kier alpha value is -5.42. The van der Waals surface area contributed by atoms with Gasteiger partial charge in [0.05, 0.1) is 13.2 Å². The summed E-state index contributed by atoms with van der Waals surface area (Å²) in [6.07, 6.45) is 3.27. The summed E-state index contributed by atoms with van der Waals surface area (Å²) in [5.41, 5.74) is 13.5. The molecule has 3 aromatic heterocycles. The fourth-order valence-electron chi connectivity index (χ4n) is 7.15. The van der Waals surface area contributed by atoms with E-state index in [9.17, 15) is 0 Å². The van der Waals surface area contributed by atoms with E-state index in [1.54, 1.807) is 12.5 Å². The third-order valence-corrected chi connectivity index (χ3v) is 9.51. The van der Waals surface area contributed by atoms with E-state index < -0.39 is 0 Å². The summed E-state index contributed by atoms with van der Waals surface area (Å²) in [7, 11) is 2.18. The summed E-state index contributed by atoms with van der Waals surface area (Å²) < 4.78 is 17.3. The maximum atomic E-state index is 6.84. The van der Waals surface area contributed by atoms with Gasteiger partial charge < -0.3 is 8.83 Å². The first-order chi connectivity index (χ1) is 22.8. The van der Waals surface area contributed by atoms with Gasteiger partial charge in [0.15, 0.2) is 16.6 Å². The number of imidazole rings is 1. The van der Waals surface area contributed by atoms with Gasteiger partial charge in [0.25, 0.3) is 5.82 Å². The molecule has 8 rings (SSSR count). The minimum atomic E-state index is 0.294. The van der Waals surface area contributed by atoms with Crippen LogP contribution in [0.3, 0.4) is 0 Å². The molecule has 0 saturated heterocycles. The lowest BCUT2D eigenvalue weighted by Crippen LogP contribution is -2.30. The largest absolute Gasteiger partial charge is 0.455 e. The molecule has 0 spiro atoms. The van der Waals surface area contributed by atoms with Crippen LogP contribution in [0.2, 0.25) is 0 Å². The molecule has 0 fully saturated rings. The highest BCUT2D eigenvalue weighted by molar-refractivity contribution is 6.10. The van der Waals surface area contributed by atoms with E-state index in [-0.39, 0.29) is 0 Å². The van der Waals surface area contributed by atoms with Crippen molar-refractivity contribution < 1.29 is 13.4 Å². The average Bonchev–Trinajstić information content (AvgIpc) is 3.81. The third kappa shape index (κ3) is 4.60. The highest BCUT2D eigenvalue weighted by atomic mass is 16.3. The summed E-state index contributed by atoms with van der Waals surface area (Å²) in [4.78, 5) is 4.36. The molecule has 0 aliphatic heterocycles. The fourth-order valence-corrected chi connectivity index (χ4v) is 7.15. The van der Waals surface area contributed by atoms with Crippen LogP contribution in [0, 0.1) is 6.92 Å². The Labute approximate surface area is 274 Å². The zero-order valence-corrected chi connectivity index (χ0v) is 27.7. The number of hydrogen-bond acceptors (Lipinski definition) is 3. The van der Waals surface area contributed by atoms with Gasteiger partial charge in [-0.3, -0.25) is 0 Å². The Kier molecular flexibility index (Phi) is 6.87. The van der Waals surface area contributed by atoms with Crippen LogP contribution >= 0.6 is 0 Å². The van der Waals surface area contributed by atoms with Gasteiger partial charge in [0, 0.05) is 27.5 Å². The lowest BCUT2D eigenvalue weighted by Gasteiger charge is -2.21. The lowest BCUT2D eigenvalue weighted by atomic mass is 9.88. The van der Waals surface area contributed by atoms with E-state index in [1.165, 1.54) is 33.5 Å². The van der Waals surface area contributed by atoms with Crippen LogP contribution in [0.15, 0.2) is 118 Å². The number of nitrogens with zero attached hydrogens (tertiary/aromatic N) is 3. The second kappa shape index (κ2) is 11.1. The maximum Gasteiger partial charge on any atom is 0.299 e. The van der Waals surface area contributed by atoms with Crippen LogP contribution in [-0.4, -0.2) is 9.55 Å². The fraction of sp³-hybridized carbons (Fsp3) is 0.190. The van der Waals surface area contributed by atoms with Crippen molar-refractivity contribution in [2.24, 2.45) is 7.05 Å². The number of furan rings is 1. The normalized spacial score (nSPS) is 12.0. The number of benzene rings is 5. The highest BCUT2D eigenvalue weighted by Gasteiger charge is 2.34. The van der Waals surface area contributed by atoms with Gasteiger partial charge in [0.1, 0.15) is 23.1 Å². The number of para-hydroxylation sites is 2. The third-order valence-electron chi connectivity index (χ3n) is 9.51. The van der Waals surface area contributed by atoms with Crippen molar-refractivity contribution in [3.8, 4) is 39.7 Å². The van der Waals surface area contributed by atoms with Crippen molar-refractivity contribution in [3.63, 3.8) is 0 Å². The zero-order valence-electron chi connectivity index (χ0n) is 27.7. The number of rotatable bonds is 6. The quantitative estimate of drug-likeness (QED) is 0.175. The second-order valence-electron chi connectivity index (χ2n) is 13.2. The van der Waals surface area contributed by atoms with Gasteiger partial charge in [0.2, 0.25) is 5.89 Å². The van der Waals surface area contributed by atoms with E-state index in [4.69, 9.17) is 8.83 Å². The summed E-state index contributed by atoms with van der Waals surface area (Å²) in [6, 6.07) is 34.9. The molecule has 5 heteroatoms. The van der Waals surface area contributed by atoms with E-state index in [0.717, 1.165) is 50.0 Å². The van der Waals surface area contributed by atoms with E-state index in [2.05, 4.69) is 147 Å². The number of oxazole rings is 1. The number of hydrogen-bond donors (Lipinski definition) is 0. The minimum Gasteiger partial charge on any atom is -0.455 e. The lowest BCUT2D eigenvalue weighted by molar-refractivity contribution is -0.633. The molecular weight excluding hydrogens is 578 g/mol. The second-order valence-corrected chi connectivity index (χ2v) is 13.2. The van der Waals surface area contributed by atoms with Gasteiger partial charge in [-0.25, -0.2) is 9.55 Å². The van der Waals surface area contributed by atoms with Crippen LogP contribution < -0.4 is 4.57 Å². The highest BCUT2D eigenvalue weighted by Crippen LogP contribution is 2.43. The van der Waals surface area contributed by atoms with Crippen molar-refractivity contribution in [2.45, 2.75) is 46.5 Å². The molecule has 47 heavy (non-hydrogen) atoms. The number of fused-ring (bicyclic) bond motifs is 4. The van der Waals surface area contributed by atoms with Crippen molar-refractivity contribution >= 4 is 33.0 Å². The Balaban J connectivity index is 1.48. The maximum absolute atomic E-state index is 6.84. The Morgan fingerprint density at radius 2 is 1.43 bits per heavy atom. The SMILES string of the molecule is Cc1ccc2c(oc3cc(-c4ncco4)ccc32)c1-c1n(-c2c(C(C)C)cc(-c3ccccc3)cc2C(C)C)c2ccccc2[n+]1C. The van der Waals surface area contributed by atoms with E-state index >= 15 is 0 Å². The van der Waals surface area contributed by atoms with Crippen molar-refractivity contribution in [2.75, 3.05) is 0 Å². The molecule has 0 aliphatic carbocycles. The molecular formula is C42H38N3O2+. The number of aryl methyl sites for hydroxylation is 2. The van der Waals surface area contributed by atoms with E-state index in [1.807, 2.05) is 6.07 Å². The van der Waals surface area contributed by atoms with Crippen LogP contribution in [0.25, 0.3) is 72.6 Å². The van der Waals surface area contributed by atoms with Crippen molar-refractivity contribution in [1.82, 2.24) is 9.55 Å². The molecule has 8 aromatic rings. The standard InChI is InChI=1S/C42H38N3O2/c1-25(2)33-22-30(28-12-8-7-9-13-28)23-34(26(3)4)39(33)45-36-15-11-10-14-35(36)44(6)42(45)38-27(5)16-18-32-31-19-17-29(41-43-20-21-46-41)24-37(31)47-40(32)38/h7-26H,1-6H3/q+1. The van der Waals surface area contributed by atoms with Crippen LogP contribution in [0.4, 0.5) is 0 Å². The average molecular weight is 617 g/mol. The minimum absolute atomic E-state index is 0.294. The molecule has 0 amide bonds. The van der Waals surface area contributed by atoms with Crippen molar-refractivity contribution in [3.05, 3.63) is 126 Å². The van der Waals surface area contributed by atoms with E-state index in [0.29, 0.717) is 17.7 Å². The molecule has 5 nitrogen and oxygen atoms in total. The predicted octanol–water partition coefficient (Wildman–Crippen LogP) is 10.9. The molecule has 0 bridgehead atoms. The topological polar surface area (TPSA) is 48.0 Å². The summed E-state index contributed by atoms with van der Waals surface area (Å²) >= 11 is 0. The van der Waals surface area contributed by atoms with Crippen LogP contribution in [0.1, 0.15) is 56.2 Å². The molecule has 0 N–H and O–H groups in total. The molecule has 5 aromatic carbocycles. The molecule has 0 atom stereocenters. The Morgan fingerprint density at radius 3 is 2.13 bits per heavy atom. The van der Waals surface area contributed by atoms with Gasteiger partial charge >= 0.3 is 0 Å². The molecule has 232 valence electrons. The van der Waals surface area contributed by atoms with Crippen LogP contribution in [0.5, 0.6) is 0 Å². The predicted molar refractivity (Wildman–Crippen MR) is 191 cm³/mol. The monoisotopic (exact) mass is 616 g/mol. The molecule has 0 unspecified atom stereocenters. The first-order valence-corrected chi connectivity index (χ1v) is 16.4. The van der Waals surface area contributed by atoms with Crippen molar-refractivity contribution in [1.29, 1.82) is 0 Å². The van der Waals surface area contributed by atoms with Gasteiger partial charge in [-0.2, -0.15) is 4.57 Å². The van der Waals surface area contributed by atoms with Gasteiger partial charge in [-0.1, -0.05) is 82.3 Å². The number of aromatic nitrogens is 3. The molecule has 0 aliphatic rings. The molecule has 0 radical (unpaired) electrons. The Bertz CT molecular complexity index is 2400. The van der Waals surface area contributed by atoms with Crippen LogP contribution in [-0.2, 0) is 7.05 Å². The summed E-state index contributed by atoms with van der Waals surface area (Å²) in [5, 5.41) is 2.16. The molecule has 0 saturated carbocycles. The molecule has 3 heterocycles. The van der Waals surface area contributed by atoms with Gasteiger partial charge in [-0.15, -0.1) is 0 Å². The first-order valence-electron chi connectivity index (χ1n) is 16.4. The zero-order chi connectivity index (χ0) is 32.4. The van der Waals surface area contributed by atoms with Gasteiger partial charge in [-0.05, 0) is 77.9 Å². The summed E-state index contributed by atoms with van der Waals surface area (Å²) in [5.74, 6) is 2.26.